The predicted octanol–water partition coefficient (Wildman–Crippen LogP) is 7.71. The largest absolute Gasteiger partial charge is 0.512 e. The fourth-order valence-corrected chi connectivity index (χ4v) is 7.29. The lowest BCUT2D eigenvalue weighted by molar-refractivity contribution is -0.142. The highest BCUT2D eigenvalue weighted by Crippen LogP contribution is 2.56. The smallest absolute Gasteiger partial charge is 0.206 e. The Hall–Kier alpha value is -3.57. The van der Waals surface area contributed by atoms with E-state index < -0.39 is 23.1 Å². The number of Topliss-reactive ketones (excluding diaryl/α,β-unsaturated/α-hetero) is 1. The second kappa shape index (κ2) is 10.3. The molecule has 4 N–H and O–H groups in total. The number of benzene rings is 2. The van der Waals surface area contributed by atoms with Gasteiger partial charge in [0.25, 0.3) is 0 Å². The van der Waals surface area contributed by atoms with Crippen LogP contribution in [0.2, 0.25) is 0 Å². The van der Waals surface area contributed by atoms with Crippen molar-refractivity contribution in [2.45, 2.75) is 90.6 Å². The molecule has 5 heteroatoms. The Morgan fingerprint density at radius 2 is 1.71 bits per heavy atom. The van der Waals surface area contributed by atoms with E-state index in [1.807, 2.05) is 0 Å². The van der Waals surface area contributed by atoms with Gasteiger partial charge in [-0.25, -0.2) is 0 Å². The maximum absolute atomic E-state index is 13.5. The molecule has 0 unspecified atom stereocenters. The first-order chi connectivity index (χ1) is 19.6. The second-order valence-corrected chi connectivity index (χ2v) is 13.9. The summed E-state index contributed by atoms with van der Waals surface area (Å²) in [6.07, 6.45) is 2.41. The van der Waals surface area contributed by atoms with Gasteiger partial charge in [-0.3, -0.25) is 4.79 Å². The van der Waals surface area contributed by atoms with Crippen LogP contribution in [0.3, 0.4) is 0 Å². The molecular weight excluding hydrogens is 524 g/mol. The molecule has 0 aromatic heterocycles. The van der Waals surface area contributed by atoms with Gasteiger partial charge in [0.15, 0.2) is 5.60 Å². The van der Waals surface area contributed by atoms with E-state index in [0.29, 0.717) is 41.5 Å². The Balaban J connectivity index is 1.56. The number of carbonyl (C=O) groups is 1. The number of hydrogen-bond donors (Lipinski definition) is 4. The Bertz CT molecular complexity index is 1560. The van der Waals surface area contributed by atoms with Crippen LogP contribution in [0.5, 0.6) is 5.75 Å². The van der Waals surface area contributed by atoms with Gasteiger partial charge in [-0.1, -0.05) is 78.1 Å². The van der Waals surface area contributed by atoms with Crippen LogP contribution in [0.4, 0.5) is 0 Å². The van der Waals surface area contributed by atoms with Crippen molar-refractivity contribution in [3.8, 4) is 5.75 Å². The molecule has 0 saturated carbocycles. The Kier molecular flexibility index (Phi) is 7.34. The van der Waals surface area contributed by atoms with Crippen LogP contribution in [-0.2, 0) is 29.5 Å². The van der Waals surface area contributed by atoms with E-state index in [1.165, 1.54) is 11.1 Å². The standard InChI is InChI=1S/C37H44O5/c1-19(2)27-16-23(12-9-22-10-13-25(14-11-22)36(6,7)8)33(39)32-21(5)31-24(17-28(27)32)15-26-18-29(38)30(20(3)4)34(40)37(26,42)35(31)41/h10-11,13-14,16,19,24,26,38-39,41-42H,3,5,9,12,15,17-18H2,1-2,4,6-8H3/t24-,26+,37+/m1/s1. The first kappa shape index (κ1) is 29.9. The van der Waals surface area contributed by atoms with Crippen molar-refractivity contribution in [2.24, 2.45) is 11.8 Å². The van der Waals surface area contributed by atoms with Gasteiger partial charge < -0.3 is 20.4 Å². The number of hydrogen-bond acceptors (Lipinski definition) is 5. The summed E-state index contributed by atoms with van der Waals surface area (Å²) in [5, 5.41) is 45.7. The third-order valence-corrected chi connectivity index (χ3v) is 9.64. The molecule has 0 saturated heterocycles. The lowest BCUT2D eigenvalue weighted by Crippen LogP contribution is -2.55. The van der Waals surface area contributed by atoms with Gasteiger partial charge in [-0.2, -0.15) is 0 Å². The van der Waals surface area contributed by atoms with E-state index in [2.05, 4.69) is 78.1 Å². The molecule has 2 aromatic rings. The Morgan fingerprint density at radius 3 is 2.29 bits per heavy atom. The number of carbonyl (C=O) groups excluding carboxylic acids is 1. The number of rotatable bonds is 5. The second-order valence-electron chi connectivity index (χ2n) is 13.9. The number of phenols is 1. The third kappa shape index (κ3) is 4.63. The molecule has 3 atom stereocenters. The topological polar surface area (TPSA) is 98.0 Å². The molecule has 42 heavy (non-hydrogen) atoms. The summed E-state index contributed by atoms with van der Waals surface area (Å²) in [7, 11) is 0. The zero-order chi connectivity index (χ0) is 30.9. The van der Waals surface area contributed by atoms with Gasteiger partial charge in [-0.15, -0.1) is 0 Å². The van der Waals surface area contributed by atoms with E-state index in [9.17, 15) is 25.2 Å². The molecule has 0 amide bonds. The molecular formula is C37H44O5. The molecule has 0 spiro atoms. The Labute approximate surface area is 249 Å². The number of allylic oxidation sites excluding steroid dienone is 4. The van der Waals surface area contributed by atoms with Crippen molar-refractivity contribution < 1.29 is 25.2 Å². The Morgan fingerprint density at radius 1 is 1.07 bits per heavy atom. The molecule has 222 valence electrons. The predicted molar refractivity (Wildman–Crippen MR) is 168 cm³/mol. The van der Waals surface area contributed by atoms with E-state index >= 15 is 0 Å². The number of phenolic OH excluding ortho intramolecular Hbond substituents is 1. The van der Waals surface area contributed by atoms with Gasteiger partial charge in [0, 0.05) is 23.5 Å². The van der Waals surface area contributed by atoms with Crippen LogP contribution >= 0.6 is 0 Å². The summed E-state index contributed by atoms with van der Waals surface area (Å²) in [5.41, 5.74) is 5.12. The van der Waals surface area contributed by atoms with Crippen molar-refractivity contribution in [3.05, 3.63) is 105 Å². The van der Waals surface area contributed by atoms with Crippen molar-refractivity contribution in [3.63, 3.8) is 0 Å². The van der Waals surface area contributed by atoms with Crippen LogP contribution in [0, 0.1) is 11.8 Å². The normalized spacial score (nSPS) is 24.1. The van der Waals surface area contributed by atoms with Crippen LogP contribution < -0.4 is 0 Å². The summed E-state index contributed by atoms with van der Waals surface area (Å²) in [4.78, 5) is 13.5. The van der Waals surface area contributed by atoms with Gasteiger partial charge in [-0.05, 0) is 88.8 Å². The molecule has 0 aliphatic heterocycles. The van der Waals surface area contributed by atoms with Crippen LogP contribution in [0.25, 0.3) is 5.57 Å². The highest BCUT2D eigenvalue weighted by molar-refractivity contribution is 6.09. The van der Waals surface area contributed by atoms with Crippen molar-refractivity contribution in [1.82, 2.24) is 0 Å². The van der Waals surface area contributed by atoms with Crippen LogP contribution in [-0.4, -0.2) is 31.8 Å². The van der Waals surface area contributed by atoms with E-state index in [0.717, 1.165) is 23.1 Å². The molecule has 3 aliphatic rings. The minimum Gasteiger partial charge on any atom is -0.512 e. The zero-order valence-corrected chi connectivity index (χ0v) is 25.8. The SMILES string of the molecule is C=C(C)C1=C(O)C[C@@H]2C[C@@H]3Cc4c(C(C)C)cc(CCc5ccc(C(C)(C)C)cc5)c(O)c4C(=C)C3=C(O)[C@@]2(O)C1=O. The first-order valence-electron chi connectivity index (χ1n) is 15.0. The summed E-state index contributed by atoms with van der Waals surface area (Å²) < 4.78 is 0. The van der Waals surface area contributed by atoms with Gasteiger partial charge in [0.1, 0.15) is 17.3 Å². The molecule has 5 nitrogen and oxygen atoms in total. The maximum Gasteiger partial charge on any atom is 0.206 e. The number of aryl methyl sites for hydroxylation is 2. The van der Waals surface area contributed by atoms with Crippen molar-refractivity contribution >= 4 is 11.4 Å². The number of aliphatic hydroxyl groups excluding tert-OH is 2. The van der Waals surface area contributed by atoms with Crippen molar-refractivity contribution in [1.29, 1.82) is 0 Å². The van der Waals surface area contributed by atoms with Gasteiger partial charge in [0.05, 0.1) is 5.57 Å². The van der Waals surface area contributed by atoms with Crippen molar-refractivity contribution in [2.75, 3.05) is 0 Å². The van der Waals surface area contributed by atoms with E-state index in [4.69, 9.17) is 0 Å². The average molecular weight is 569 g/mol. The lowest BCUT2D eigenvalue weighted by Gasteiger charge is -2.47. The van der Waals surface area contributed by atoms with Crippen LogP contribution in [0.15, 0.2) is 71.7 Å². The maximum atomic E-state index is 13.5. The number of fused-ring (bicyclic) bond motifs is 3. The third-order valence-electron chi connectivity index (χ3n) is 9.64. The molecule has 5 rings (SSSR count). The molecule has 0 bridgehead atoms. The molecule has 0 radical (unpaired) electrons. The quantitative estimate of drug-likeness (QED) is 0.296. The number of aliphatic hydroxyl groups is 3. The minimum atomic E-state index is -2.17. The first-order valence-corrected chi connectivity index (χ1v) is 15.0. The monoisotopic (exact) mass is 568 g/mol. The molecule has 2 aromatic carbocycles. The van der Waals surface area contributed by atoms with Crippen LogP contribution in [0.1, 0.15) is 93.7 Å². The zero-order valence-electron chi connectivity index (χ0n) is 25.8. The van der Waals surface area contributed by atoms with E-state index in [1.54, 1.807) is 6.92 Å². The molecule has 0 fully saturated rings. The molecule has 3 aliphatic carbocycles. The summed E-state index contributed by atoms with van der Waals surface area (Å²) >= 11 is 0. The number of ketones is 1. The highest BCUT2D eigenvalue weighted by Gasteiger charge is 2.58. The lowest BCUT2D eigenvalue weighted by atomic mass is 9.59. The summed E-state index contributed by atoms with van der Waals surface area (Å²) in [5.74, 6) is -1.77. The minimum absolute atomic E-state index is 0.0241. The fourth-order valence-electron chi connectivity index (χ4n) is 7.29. The average Bonchev–Trinajstić information content (AvgIpc) is 2.89. The summed E-state index contributed by atoms with van der Waals surface area (Å²) in [6, 6.07) is 10.7. The fraction of sp³-hybridized carbons (Fsp3) is 0.432. The van der Waals surface area contributed by atoms with Gasteiger partial charge in [0.2, 0.25) is 5.78 Å². The number of aromatic hydroxyl groups is 1. The van der Waals surface area contributed by atoms with Gasteiger partial charge >= 0.3 is 0 Å². The van der Waals surface area contributed by atoms with E-state index in [-0.39, 0.29) is 40.8 Å². The highest BCUT2D eigenvalue weighted by atomic mass is 16.3. The summed E-state index contributed by atoms with van der Waals surface area (Å²) in [6.45, 7) is 20.6. The molecule has 0 heterocycles.